The number of carbonyl (C=O) groups is 4. The number of alkyl carbamates (subject to hydrolysis) is 1. The van der Waals surface area contributed by atoms with Crippen LogP contribution in [0.25, 0.3) is 0 Å². The number of nitrogens with one attached hydrogen (secondary N) is 1. The zero-order chi connectivity index (χ0) is 43.6. The second kappa shape index (κ2) is 15.9. The van der Waals surface area contributed by atoms with Gasteiger partial charge >= 0.3 is 24.0 Å². The number of hydrogen-bond donors (Lipinski definition) is 4. The molecule has 15 heteroatoms. The Hall–Kier alpha value is -3.86. The highest BCUT2D eigenvalue weighted by atomic mass is 16.7. The molecule has 59 heavy (non-hydrogen) atoms. The molecule has 6 rings (SSSR count). The number of aliphatic hydroxyl groups excluding tert-OH is 2. The van der Waals surface area contributed by atoms with Crippen molar-refractivity contribution in [2.45, 2.75) is 160 Å². The molecule has 4 fully saturated rings. The number of rotatable bonds is 11. The van der Waals surface area contributed by atoms with E-state index >= 15 is 0 Å². The molecular weight excluding hydrogens is 766 g/mol. The summed E-state index contributed by atoms with van der Waals surface area (Å²) in [5, 5.41) is 39.7. The van der Waals surface area contributed by atoms with E-state index in [1.807, 2.05) is 20.8 Å². The van der Waals surface area contributed by atoms with Crippen molar-refractivity contribution in [3.8, 4) is 0 Å². The van der Waals surface area contributed by atoms with Gasteiger partial charge in [-0.25, -0.2) is 14.4 Å². The van der Waals surface area contributed by atoms with Crippen molar-refractivity contribution in [1.29, 1.82) is 0 Å². The molecule has 0 unspecified atom stereocenters. The molecule has 326 valence electrons. The summed E-state index contributed by atoms with van der Waals surface area (Å²) in [4.78, 5) is 54.4. The Bertz CT molecular complexity index is 1830. The summed E-state index contributed by atoms with van der Waals surface area (Å²) < 4.78 is 43.7. The lowest BCUT2D eigenvalue weighted by Gasteiger charge is -2.67. The van der Waals surface area contributed by atoms with Gasteiger partial charge in [0.05, 0.1) is 47.4 Å². The Morgan fingerprint density at radius 1 is 1.05 bits per heavy atom. The average Bonchev–Trinajstić information content (AvgIpc) is 3.39. The molecule has 15 nitrogen and oxygen atoms in total. The Morgan fingerprint density at radius 2 is 1.71 bits per heavy atom. The van der Waals surface area contributed by atoms with Crippen LogP contribution >= 0.6 is 0 Å². The van der Waals surface area contributed by atoms with Crippen LogP contribution in [0.2, 0.25) is 0 Å². The van der Waals surface area contributed by atoms with Gasteiger partial charge in [-0.2, -0.15) is 0 Å². The smallest absolute Gasteiger partial charge is 0.407 e. The fourth-order valence-corrected chi connectivity index (χ4v) is 10.6. The van der Waals surface area contributed by atoms with Gasteiger partial charge in [0.1, 0.15) is 30.0 Å². The lowest BCUT2D eigenvalue weighted by Crippen LogP contribution is -2.80. The first kappa shape index (κ1) is 44.7. The molecule has 2 aliphatic heterocycles. The highest BCUT2D eigenvalue weighted by Gasteiger charge is 2.80. The highest BCUT2D eigenvalue weighted by molar-refractivity contribution is 5.89. The van der Waals surface area contributed by atoms with E-state index in [1.165, 1.54) is 26.8 Å². The third kappa shape index (κ3) is 7.71. The maximum absolute atomic E-state index is 14.4. The molecule has 1 amide bonds. The highest BCUT2D eigenvalue weighted by Crippen LogP contribution is 2.69. The third-order valence-corrected chi connectivity index (χ3v) is 13.0. The van der Waals surface area contributed by atoms with Crippen molar-refractivity contribution in [2.24, 2.45) is 22.7 Å². The van der Waals surface area contributed by atoms with Gasteiger partial charge in [-0.3, -0.25) is 4.79 Å². The Kier molecular flexibility index (Phi) is 12.0. The molecule has 2 heterocycles. The monoisotopic (exact) mass is 827 g/mol. The normalized spacial score (nSPS) is 36.0. The molecule has 2 saturated carbocycles. The number of carbonyl (C=O) groups excluding carboxylic acids is 4. The summed E-state index contributed by atoms with van der Waals surface area (Å²) in [7, 11) is 0. The van der Waals surface area contributed by atoms with Crippen LogP contribution in [0.15, 0.2) is 54.1 Å². The molecule has 13 atom stereocenters. The maximum Gasteiger partial charge on any atom is 0.407 e. The second-order valence-corrected chi connectivity index (χ2v) is 18.9. The summed E-state index contributed by atoms with van der Waals surface area (Å²) in [5.41, 5.74) is -6.47. The lowest BCUT2D eigenvalue weighted by atomic mass is 9.49. The molecule has 3 aliphatic carbocycles. The van der Waals surface area contributed by atoms with E-state index in [1.54, 1.807) is 58.0 Å². The van der Waals surface area contributed by atoms with Gasteiger partial charge in [0.2, 0.25) is 0 Å². The summed E-state index contributed by atoms with van der Waals surface area (Å²) >= 11 is 0. The zero-order valence-electron chi connectivity index (χ0n) is 35.7. The minimum Gasteiger partial charge on any atom is -0.457 e. The molecule has 0 radical (unpaired) electrons. The fourth-order valence-electron chi connectivity index (χ4n) is 10.6. The van der Waals surface area contributed by atoms with Crippen molar-refractivity contribution < 1.29 is 67.7 Å². The summed E-state index contributed by atoms with van der Waals surface area (Å²) in [6.07, 6.45) is -8.77. The predicted molar refractivity (Wildman–Crippen MR) is 210 cm³/mol. The van der Waals surface area contributed by atoms with Crippen molar-refractivity contribution in [1.82, 2.24) is 5.32 Å². The first-order valence-corrected chi connectivity index (χ1v) is 20.4. The van der Waals surface area contributed by atoms with E-state index in [4.69, 9.17) is 33.2 Å². The van der Waals surface area contributed by atoms with Crippen LogP contribution in [0.3, 0.4) is 0 Å². The topological polar surface area (TPSA) is 206 Å². The van der Waals surface area contributed by atoms with E-state index in [9.17, 15) is 34.5 Å². The Morgan fingerprint density at radius 3 is 2.25 bits per heavy atom. The first-order valence-electron chi connectivity index (χ1n) is 20.4. The van der Waals surface area contributed by atoms with Gasteiger partial charge in [0.25, 0.3) is 0 Å². The van der Waals surface area contributed by atoms with Crippen LogP contribution < -0.4 is 5.32 Å². The van der Waals surface area contributed by atoms with Crippen molar-refractivity contribution >= 4 is 24.0 Å². The van der Waals surface area contributed by atoms with Gasteiger partial charge in [0.15, 0.2) is 18.0 Å². The van der Waals surface area contributed by atoms with Gasteiger partial charge in [0, 0.05) is 25.2 Å². The van der Waals surface area contributed by atoms with Gasteiger partial charge < -0.3 is 53.8 Å². The second-order valence-electron chi connectivity index (χ2n) is 18.9. The Balaban J connectivity index is 1.52. The van der Waals surface area contributed by atoms with Gasteiger partial charge in [-0.1, -0.05) is 45.5 Å². The van der Waals surface area contributed by atoms with Crippen molar-refractivity contribution in [3.05, 3.63) is 59.7 Å². The molecule has 4 N–H and O–H groups in total. The molecule has 5 aliphatic rings. The first-order chi connectivity index (χ1) is 27.4. The van der Waals surface area contributed by atoms with Crippen molar-refractivity contribution in [2.75, 3.05) is 6.61 Å². The van der Waals surface area contributed by atoms with Crippen LogP contribution in [0.4, 0.5) is 4.79 Å². The summed E-state index contributed by atoms with van der Waals surface area (Å²) in [6, 6.07) is 7.17. The number of benzene rings is 1. The quantitative estimate of drug-likeness (QED) is 0.140. The molecule has 1 aromatic carbocycles. The number of ether oxygens (including phenoxy) is 7. The van der Waals surface area contributed by atoms with Crippen LogP contribution in [-0.4, -0.2) is 118 Å². The average molecular weight is 828 g/mol. The third-order valence-electron chi connectivity index (χ3n) is 13.0. The molecule has 2 saturated heterocycles. The van der Waals surface area contributed by atoms with E-state index in [2.05, 4.69) is 11.9 Å². The number of fused-ring (bicyclic) bond motifs is 3. The zero-order valence-corrected chi connectivity index (χ0v) is 35.7. The number of hydrogen-bond acceptors (Lipinski definition) is 14. The summed E-state index contributed by atoms with van der Waals surface area (Å²) in [6.45, 7) is 20.4. The maximum atomic E-state index is 14.4. The van der Waals surface area contributed by atoms with Gasteiger partial charge in [-0.05, 0) is 83.2 Å². The van der Waals surface area contributed by atoms with Crippen molar-refractivity contribution in [3.63, 3.8) is 0 Å². The largest absolute Gasteiger partial charge is 0.457 e. The van der Waals surface area contributed by atoms with E-state index < -0.39 is 113 Å². The minimum absolute atomic E-state index is 0.0654. The molecule has 1 aromatic rings. The Labute approximate surface area is 345 Å². The van der Waals surface area contributed by atoms with Crippen LogP contribution in [0.5, 0.6) is 0 Å². The molecular formula is C44H61NO14. The van der Waals surface area contributed by atoms with Crippen LogP contribution in [0.1, 0.15) is 98.9 Å². The van der Waals surface area contributed by atoms with E-state index in [0.29, 0.717) is 5.57 Å². The number of amides is 1. The number of esters is 3. The van der Waals surface area contributed by atoms with Crippen LogP contribution in [0, 0.1) is 22.7 Å². The molecule has 0 spiro atoms. The molecule has 0 bridgehead atoms. The standard InChI is InChI=1S/C44H61NO14/c1-12-30-55-28-19-29-44(21-53-29,58-24(5)46)34-36(57-37(49)25-16-14-13-15-17-25)43(41(9,10)52)20-27(23(4)31(43)33(48)35(56-30)42(28,34)11)54-38(50)32(47)26(18-22(2)3)45-39(51)59-40(6,7)8/h12-17,22,26-30,32-36,47-48,52H,1,18-21H2,2-11H3,(H,45,51)/t26-,27-,28-,29+,30-,32+,33+,34-,35-,36-,42+,43-,44-/m0/s1. The fraction of sp³-hybridized carbons (Fsp3) is 0.682. The van der Waals surface area contributed by atoms with E-state index in [0.717, 1.165) is 0 Å². The predicted octanol–water partition coefficient (Wildman–Crippen LogP) is 4.30. The minimum atomic E-state index is -1.86. The SMILES string of the molecule is C=C[C@H]1O[C@H]2C[C@H]3OC[C@@]3(OC(C)=O)[C@H]3[C@H](OC(=O)c4ccccc4)[C@]4(C(C)(C)O)C[C@H](OC(=O)[C@H](O)[C@H](CC(C)C)NC(=O)OC(C)(C)C)C(C)=C4[C@@H](O)[C@H](O1)[C@]23C. The lowest BCUT2D eigenvalue weighted by molar-refractivity contribution is -0.392. The van der Waals surface area contributed by atoms with Crippen LogP contribution in [-0.2, 0) is 42.7 Å². The van der Waals surface area contributed by atoms with E-state index in [-0.39, 0.29) is 42.9 Å². The molecule has 0 aromatic heterocycles. The van der Waals surface area contributed by atoms with Gasteiger partial charge in [-0.15, -0.1) is 0 Å². The number of aliphatic hydroxyl groups is 3. The summed E-state index contributed by atoms with van der Waals surface area (Å²) in [5.74, 6) is -3.58.